The van der Waals surface area contributed by atoms with Gasteiger partial charge in [-0.25, -0.2) is 0 Å². The fourth-order valence-electron chi connectivity index (χ4n) is 5.69. The summed E-state index contributed by atoms with van der Waals surface area (Å²) in [4.78, 5) is 16.3. The number of fused-ring (bicyclic) bond motifs is 1. The highest BCUT2D eigenvalue weighted by Gasteiger charge is 2.28. The fraction of sp³-hybridized carbons (Fsp3) is 0.467. The molecule has 2 N–H and O–H groups in total. The molecule has 3 aromatic rings. The molecule has 1 aromatic heterocycles. The minimum Gasteiger partial charge on any atom is -0.497 e. The van der Waals surface area contributed by atoms with Crippen molar-refractivity contribution in [3.63, 3.8) is 0 Å². The number of β-amino-alcohol motifs (C(OH)–C–C–N with tert-alkyl or cyclic N) is 1. The van der Waals surface area contributed by atoms with Crippen LogP contribution >= 0.6 is 11.6 Å². The van der Waals surface area contributed by atoms with Crippen LogP contribution in [0.25, 0.3) is 11.3 Å². The number of halogens is 1. The number of aliphatic hydroxyl groups is 1. The van der Waals surface area contributed by atoms with Crippen molar-refractivity contribution in [3.8, 4) is 22.8 Å². The van der Waals surface area contributed by atoms with Crippen molar-refractivity contribution in [2.24, 2.45) is 0 Å². The Morgan fingerprint density at radius 3 is 2.38 bits per heavy atom. The van der Waals surface area contributed by atoms with Gasteiger partial charge in [0.25, 0.3) is 0 Å². The number of aromatic nitrogens is 2. The van der Waals surface area contributed by atoms with Gasteiger partial charge in [0, 0.05) is 97.8 Å². The predicted molar refractivity (Wildman–Crippen MR) is 156 cm³/mol. The van der Waals surface area contributed by atoms with E-state index in [9.17, 15) is 9.90 Å². The first-order valence-corrected chi connectivity index (χ1v) is 14.2. The molecule has 5 rings (SSSR count). The number of likely N-dealkylation sites (tertiary alicyclic amines) is 1. The standard InChI is InChI=1S/C30H38ClN5O4/c1-20(37)35-13-10-29-28(19-35)30(21-4-6-22(31)7-5-21)33-36(29)18-25(38)17-34-11-8-23(9-12-34)32-24-14-26(39-2)16-27(15-24)40-3/h4-7,14-16,23,25,32,38H,8-13,17-19H2,1-3H3. The topological polar surface area (TPSA) is 92.1 Å². The summed E-state index contributed by atoms with van der Waals surface area (Å²) in [7, 11) is 3.31. The average molecular weight is 568 g/mol. The van der Waals surface area contributed by atoms with Crippen LogP contribution in [0.5, 0.6) is 11.5 Å². The van der Waals surface area contributed by atoms with Crippen molar-refractivity contribution < 1.29 is 19.4 Å². The molecule has 2 aromatic carbocycles. The molecule has 0 saturated carbocycles. The Kier molecular flexibility index (Phi) is 8.83. The summed E-state index contributed by atoms with van der Waals surface area (Å²) in [5, 5.41) is 20.3. The highest BCUT2D eigenvalue weighted by molar-refractivity contribution is 6.30. The van der Waals surface area contributed by atoms with Gasteiger partial charge in [0.2, 0.25) is 5.91 Å². The number of piperidine rings is 1. The van der Waals surface area contributed by atoms with E-state index in [2.05, 4.69) is 10.2 Å². The molecule has 1 fully saturated rings. The number of hydrogen-bond donors (Lipinski definition) is 2. The molecule has 9 nitrogen and oxygen atoms in total. The Balaban J connectivity index is 1.21. The van der Waals surface area contributed by atoms with Gasteiger partial charge in [0.05, 0.1) is 32.6 Å². The third kappa shape index (κ3) is 6.54. The number of hydrogen-bond acceptors (Lipinski definition) is 7. The fourth-order valence-corrected chi connectivity index (χ4v) is 5.82. The van der Waals surface area contributed by atoms with E-state index in [1.807, 2.05) is 52.0 Å². The number of nitrogens with zero attached hydrogens (tertiary/aromatic N) is 4. The number of anilines is 1. The van der Waals surface area contributed by atoms with E-state index in [0.717, 1.165) is 65.6 Å². The van der Waals surface area contributed by atoms with Crippen molar-refractivity contribution in [1.82, 2.24) is 19.6 Å². The third-order valence-electron chi connectivity index (χ3n) is 7.86. The van der Waals surface area contributed by atoms with Crippen LogP contribution in [0.3, 0.4) is 0 Å². The molecule has 0 spiro atoms. The third-order valence-corrected chi connectivity index (χ3v) is 8.11. The van der Waals surface area contributed by atoms with E-state index < -0.39 is 6.10 Å². The minimum atomic E-state index is -0.556. The van der Waals surface area contributed by atoms with Crippen LogP contribution in [0.4, 0.5) is 5.69 Å². The lowest BCUT2D eigenvalue weighted by atomic mass is 10.0. The molecule has 1 amide bonds. The SMILES string of the molecule is COc1cc(NC2CCN(CC(O)Cn3nc(-c4ccc(Cl)cc4)c4c3CCN(C(C)=O)C4)CC2)cc(OC)c1. The second kappa shape index (κ2) is 12.5. The summed E-state index contributed by atoms with van der Waals surface area (Å²) in [6.45, 7) is 5.59. The van der Waals surface area contributed by atoms with Crippen molar-refractivity contribution >= 4 is 23.2 Å². The lowest BCUT2D eigenvalue weighted by Crippen LogP contribution is -2.43. The Morgan fingerprint density at radius 1 is 1.07 bits per heavy atom. The number of benzene rings is 2. The van der Waals surface area contributed by atoms with E-state index in [1.165, 1.54) is 0 Å². The van der Waals surface area contributed by atoms with Gasteiger partial charge in [-0.15, -0.1) is 0 Å². The largest absolute Gasteiger partial charge is 0.497 e. The number of amides is 1. The predicted octanol–water partition coefficient (Wildman–Crippen LogP) is 4.06. The Morgan fingerprint density at radius 2 is 1.75 bits per heavy atom. The van der Waals surface area contributed by atoms with E-state index in [4.69, 9.17) is 26.2 Å². The summed E-state index contributed by atoms with van der Waals surface area (Å²) in [6, 6.07) is 13.8. The summed E-state index contributed by atoms with van der Waals surface area (Å²) in [5.41, 5.74) is 4.95. The summed E-state index contributed by atoms with van der Waals surface area (Å²) in [6.07, 6.45) is 2.12. The summed E-state index contributed by atoms with van der Waals surface area (Å²) in [5.74, 6) is 1.58. The minimum absolute atomic E-state index is 0.0592. The molecule has 214 valence electrons. The zero-order valence-corrected chi connectivity index (χ0v) is 24.2. The molecule has 1 saturated heterocycles. The van der Waals surface area contributed by atoms with E-state index in [0.29, 0.717) is 43.7 Å². The number of carbonyl (C=O) groups excluding carboxylic acids is 1. The molecule has 40 heavy (non-hydrogen) atoms. The average Bonchev–Trinajstić information content (AvgIpc) is 3.31. The van der Waals surface area contributed by atoms with Crippen molar-refractivity contribution in [2.45, 2.75) is 51.4 Å². The molecule has 10 heteroatoms. The van der Waals surface area contributed by atoms with Crippen LogP contribution in [0, 0.1) is 0 Å². The van der Waals surface area contributed by atoms with Gasteiger partial charge < -0.3 is 29.7 Å². The van der Waals surface area contributed by atoms with Gasteiger partial charge in [-0.3, -0.25) is 9.48 Å². The van der Waals surface area contributed by atoms with Crippen molar-refractivity contribution in [3.05, 3.63) is 58.7 Å². The maximum Gasteiger partial charge on any atom is 0.219 e. The Hall–Kier alpha value is -3.27. The van der Waals surface area contributed by atoms with E-state index in [-0.39, 0.29) is 5.91 Å². The van der Waals surface area contributed by atoms with Gasteiger partial charge in [-0.1, -0.05) is 23.7 Å². The Bertz CT molecular complexity index is 1300. The van der Waals surface area contributed by atoms with Gasteiger partial charge in [-0.05, 0) is 25.0 Å². The van der Waals surface area contributed by atoms with Crippen molar-refractivity contribution in [2.75, 3.05) is 45.7 Å². The molecular weight excluding hydrogens is 530 g/mol. The van der Waals surface area contributed by atoms with Crippen molar-refractivity contribution in [1.29, 1.82) is 0 Å². The highest BCUT2D eigenvalue weighted by atomic mass is 35.5. The first kappa shape index (κ1) is 28.3. The lowest BCUT2D eigenvalue weighted by Gasteiger charge is -2.34. The molecule has 0 radical (unpaired) electrons. The highest BCUT2D eigenvalue weighted by Crippen LogP contribution is 2.31. The van der Waals surface area contributed by atoms with Crippen LogP contribution in [-0.2, 0) is 24.3 Å². The zero-order valence-electron chi connectivity index (χ0n) is 23.4. The Labute approximate surface area is 240 Å². The van der Waals surface area contributed by atoms with Gasteiger partial charge in [0.15, 0.2) is 0 Å². The number of nitrogens with one attached hydrogen (secondary N) is 1. The molecule has 0 bridgehead atoms. The lowest BCUT2D eigenvalue weighted by molar-refractivity contribution is -0.129. The monoisotopic (exact) mass is 567 g/mol. The summed E-state index contributed by atoms with van der Waals surface area (Å²) >= 11 is 6.12. The normalized spacial score (nSPS) is 16.9. The molecule has 2 aliphatic rings. The van der Waals surface area contributed by atoms with E-state index >= 15 is 0 Å². The molecule has 1 unspecified atom stereocenters. The van der Waals surface area contributed by atoms with Gasteiger partial charge >= 0.3 is 0 Å². The van der Waals surface area contributed by atoms with Crippen LogP contribution in [0.2, 0.25) is 5.02 Å². The molecule has 3 heterocycles. The number of methoxy groups -OCH3 is 2. The molecule has 0 aliphatic carbocycles. The summed E-state index contributed by atoms with van der Waals surface area (Å²) < 4.78 is 12.7. The number of carbonyl (C=O) groups is 1. The van der Waals surface area contributed by atoms with Crippen LogP contribution in [0.1, 0.15) is 31.0 Å². The maximum atomic E-state index is 12.1. The van der Waals surface area contributed by atoms with E-state index in [1.54, 1.807) is 21.1 Å². The van der Waals surface area contributed by atoms with Gasteiger partial charge in [-0.2, -0.15) is 5.10 Å². The van der Waals surface area contributed by atoms with Crippen LogP contribution in [-0.4, -0.2) is 83.1 Å². The molecular formula is C30H38ClN5O4. The quantitative estimate of drug-likeness (QED) is 0.403. The smallest absolute Gasteiger partial charge is 0.219 e. The first-order chi connectivity index (χ1) is 19.3. The van der Waals surface area contributed by atoms with Crippen LogP contribution < -0.4 is 14.8 Å². The second-order valence-electron chi connectivity index (χ2n) is 10.6. The van der Waals surface area contributed by atoms with Crippen LogP contribution in [0.15, 0.2) is 42.5 Å². The first-order valence-electron chi connectivity index (χ1n) is 13.8. The van der Waals surface area contributed by atoms with Gasteiger partial charge in [0.1, 0.15) is 11.5 Å². The second-order valence-corrected chi connectivity index (χ2v) is 11.1. The molecule has 2 aliphatic heterocycles. The number of aliphatic hydroxyl groups excluding tert-OH is 1. The maximum absolute atomic E-state index is 12.1. The molecule has 1 atom stereocenters. The number of ether oxygens (including phenoxy) is 2. The number of rotatable bonds is 9. The zero-order chi connectivity index (χ0) is 28.2.